The first-order chi connectivity index (χ1) is 13.1. The van der Waals surface area contributed by atoms with Crippen LogP contribution >= 0.6 is 0 Å². The van der Waals surface area contributed by atoms with Gasteiger partial charge in [0, 0.05) is 5.69 Å². The van der Waals surface area contributed by atoms with E-state index in [4.69, 9.17) is 4.74 Å². The molecule has 0 radical (unpaired) electrons. The molecule has 0 aliphatic rings. The number of amides is 1. The smallest absolute Gasteiger partial charge is 0.276 e. The van der Waals surface area contributed by atoms with Crippen LogP contribution in [-0.4, -0.2) is 22.7 Å². The third-order valence-corrected chi connectivity index (χ3v) is 4.20. The number of rotatable bonds is 6. The van der Waals surface area contributed by atoms with E-state index < -0.39 is 0 Å². The fourth-order valence-electron chi connectivity index (χ4n) is 2.58. The topological polar surface area (TPSA) is 76.1 Å². The van der Waals surface area contributed by atoms with E-state index in [1.165, 1.54) is 5.56 Å². The highest BCUT2D eigenvalue weighted by Crippen LogP contribution is 2.24. The molecule has 6 heteroatoms. The maximum Gasteiger partial charge on any atom is 0.276 e. The Morgan fingerprint density at radius 3 is 2.48 bits per heavy atom. The number of anilines is 3. The Kier molecular flexibility index (Phi) is 5.66. The third-order valence-electron chi connectivity index (χ3n) is 4.20. The monoisotopic (exact) mass is 362 g/mol. The lowest BCUT2D eigenvalue weighted by atomic mass is 10.1. The number of nitrogens with one attached hydrogen (secondary N) is 2. The molecule has 0 saturated heterocycles. The first kappa shape index (κ1) is 18.4. The minimum atomic E-state index is -0.340. The lowest BCUT2D eigenvalue weighted by Gasteiger charge is -2.12. The lowest BCUT2D eigenvalue weighted by Crippen LogP contribution is -2.15. The first-order valence-corrected chi connectivity index (χ1v) is 8.78. The van der Waals surface area contributed by atoms with Gasteiger partial charge < -0.3 is 15.4 Å². The van der Waals surface area contributed by atoms with Crippen LogP contribution in [0.3, 0.4) is 0 Å². The predicted molar refractivity (Wildman–Crippen MR) is 107 cm³/mol. The molecule has 1 heterocycles. The van der Waals surface area contributed by atoms with Crippen molar-refractivity contribution in [1.29, 1.82) is 0 Å². The summed E-state index contributed by atoms with van der Waals surface area (Å²) in [5.74, 6) is 0.859. The van der Waals surface area contributed by atoms with Gasteiger partial charge in [0.1, 0.15) is 5.75 Å². The molecule has 0 aliphatic carbocycles. The van der Waals surface area contributed by atoms with Gasteiger partial charge in [-0.15, -0.1) is 10.2 Å². The van der Waals surface area contributed by atoms with Crippen LogP contribution in [0, 0.1) is 13.8 Å². The minimum Gasteiger partial charge on any atom is -0.492 e. The van der Waals surface area contributed by atoms with Crippen LogP contribution in [0.2, 0.25) is 0 Å². The van der Waals surface area contributed by atoms with Crippen molar-refractivity contribution in [2.24, 2.45) is 0 Å². The van der Waals surface area contributed by atoms with Gasteiger partial charge in [-0.2, -0.15) is 0 Å². The van der Waals surface area contributed by atoms with Crippen molar-refractivity contribution in [3.05, 3.63) is 71.4 Å². The molecule has 2 N–H and O–H groups in total. The normalized spacial score (nSPS) is 10.3. The van der Waals surface area contributed by atoms with E-state index in [2.05, 4.69) is 33.8 Å². The van der Waals surface area contributed by atoms with Crippen molar-refractivity contribution in [3.8, 4) is 5.75 Å². The third kappa shape index (κ3) is 4.41. The summed E-state index contributed by atoms with van der Waals surface area (Å²) in [5.41, 5.74) is 4.13. The summed E-state index contributed by atoms with van der Waals surface area (Å²) < 4.78 is 5.52. The van der Waals surface area contributed by atoms with Gasteiger partial charge in [-0.1, -0.05) is 24.3 Å². The number of ether oxygens (including phenoxy) is 1. The molecule has 2 aromatic carbocycles. The Balaban J connectivity index is 1.72. The van der Waals surface area contributed by atoms with E-state index in [-0.39, 0.29) is 11.6 Å². The van der Waals surface area contributed by atoms with E-state index >= 15 is 0 Å². The molecular formula is C21H22N4O2. The van der Waals surface area contributed by atoms with Gasteiger partial charge >= 0.3 is 0 Å². The largest absolute Gasteiger partial charge is 0.492 e. The highest BCUT2D eigenvalue weighted by Gasteiger charge is 2.12. The van der Waals surface area contributed by atoms with Gasteiger partial charge in [-0.25, -0.2) is 0 Å². The maximum absolute atomic E-state index is 12.4. The summed E-state index contributed by atoms with van der Waals surface area (Å²) in [6.07, 6.45) is 0. The zero-order valence-corrected chi connectivity index (χ0v) is 15.6. The highest BCUT2D eigenvalue weighted by atomic mass is 16.5. The Bertz CT molecular complexity index is 939. The van der Waals surface area contributed by atoms with E-state index in [0.29, 0.717) is 23.9 Å². The van der Waals surface area contributed by atoms with Crippen LogP contribution in [0.15, 0.2) is 54.6 Å². The molecule has 1 amide bonds. The molecule has 0 unspecified atom stereocenters. The molecule has 0 bridgehead atoms. The number of nitrogens with zero attached hydrogens (tertiary/aromatic N) is 2. The fourth-order valence-corrected chi connectivity index (χ4v) is 2.58. The zero-order chi connectivity index (χ0) is 19.2. The Morgan fingerprint density at radius 2 is 1.74 bits per heavy atom. The van der Waals surface area contributed by atoms with Gasteiger partial charge in [-0.3, -0.25) is 4.79 Å². The molecule has 0 saturated carbocycles. The number of aromatic nitrogens is 2. The van der Waals surface area contributed by atoms with Gasteiger partial charge in [-0.05, 0) is 62.2 Å². The molecule has 6 nitrogen and oxygen atoms in total. The van der Waals surface area contributed by atoms with Gasteiger partial charge in [0.25, 0.3) is 5.91 Å². The summed E-state index contributed by atoms with van der Waals surface area (Å²) in [6, 6.07) is 16.7. The molecular weight excluding hydrogens is 340 g/mol. The minimum absolute atomic E-state index is 0.229. The molecule has 3 aromatic rings. The molecule has 27 heavy (non-hydrogen) atoms. The second-order valence-electron chi connectivity index (χ2n) is 6.06. The summed E-state index contributed by atoms with van der Waals surface area (Å²) in [7, 11) is 0. The van der Waals surface area contributed by atoms with Crippen molar-refractivity contribution in [3.63, 3.8) is 0 Å². The zero-order valence-electron chi connectivity index (χ0n) is 15.6. The van der Waals surface area contributed by atoms with E-state index in [1.54, 1.807) is 18.2 Å². The molecule has 0 spiro atoms. The number of carbonyl (C=O) groups excluding carboxylic acids is 1. The number of para-hydroxylation sites is 2. The summed E-state index contributed by atoms with van der Waals surface area (Å²) in [4.78, 5) is 12.4. The quantitative estimate of drug-likeness (QED) is 0.676. The average molecular weight is 362 g/mol. The predicted octanol–water partition coefficient (Wildman–Crippen LogP) is 4.49. The molecule has 1 aromatic heterocycles. The van der Waals surface area contributed by atoms with E-state index in [0.717, 1.165) is 11.3 Å². The van der Waals surface area contributed by atoms with Crippen LogP contribution in [0.25, 0.3) is 0 Å². The van der Waals surface area contributed by atoms with Crippen molar-refractivity contribution < 1.29 is 9.53 Å². The standard InChI is InChI=1S/C21H22N4O2/c1-4-27-19-11-6-5-9-17(19)23-21(26)18-12-13-20(25-24-18)22-16-10-7-8-14(2)15(16)3/h5-13H,4H2,1-3H3,(H,22,25)(H,23,26). The SMILES string of the molecule is CCOc1ccccc1NC(=O)c1ccc(Nc2cccc(C)c2C)nn1. The number of carbonyl (C=O) groups is 1. The Morgan fingerprint density at radius 1 is 0.963 bits per heavy atom. The van der Waals surface area contributed by atoms with Crippen molar-refractivity contribution >= 4 is 23.1 Å². The average Bonchev–Trinajstić information content (AvgIpc) is 2.68. The number of hydrogen-bond acceptors (Lipinski definition) is 5. The fraction of sp³-hybridized carbons (Fsp3) is 0.190. The van der Waals surface area contributed by atoms with Gasteiger partial charge in [0.05, 0.1) is 12.3 Å². The van der Waals surface area contributed by atoms with Crippen molar-refractivity contribution in [2.45, 2.75) is 20.8 Å². The number of hydrogen-bond donors (Lipinski definition) is 2. The van der Waals surface area contributed by atoms with E-state index in [9.17, 15) is 4.79 Å². The summed E-state index contributed by atoms with van der Waals surface area (Å²) in [6.45, 7) is 6.51. The van der Waals surface area contributed by atoms with E-state index in [1.807, 2.05) is 44.2 Å². The van der Waals surface area contributed by atoms with Gasteiger partial charge in [0.15, 0.2) is 11.5 Å². The van der Waals surface area contributed by atoms with Gasteiger partial charge in [0.2, 0.25) is 0 Å². The maximum atomic E-state index is 12.4. The molecule has 0 atom stereocenters. The first-order valence-electron chi connectivity index (χ1n) is 8.78. The van der Waals surface area contributed by atoms with Crippen molar-refractivity contribution in [1.82, 2.24) is 10.2 Å². The van der Waals surface area contributed by atoms with Crippen LogP contribution in [-0.2, 0) is 0 Å². The van der Waals surface area contributed by atoms with Crippen LogP contribution < -0.4 is 15.4 Å². The number of benzene rings is 2. The molecule has 0 aliphatic heterocycles. The van der Waals surface area contributed by atoms with Crippen LogP contribution in [0.1, 0.15) is 28.5 Å². The highest BCUT2D eigenvalue weighted by molar-refractivity contribution is 6.03. The molecule has 3 rings (SSSR count). The summed E-state index contributed by atoms with van der Waals surface area (Å²) in [5, 5.41) is 14.2. The molecule has 138 valence electrons. The van der Waals surface area contributed by atoms with Crippen LogP contribution in [0.4, 0.5) is 17.2 Å². The van der Waals surface area contributed by atoms with Crippen molar-refractivity contribution in [2.75, 3.05) is 17.2 Å². The Labute approximate surface area is 158 Å². The lowest BCUT2D eigenvalue weighted by molar-refractivity contribution is 0.102. The second kappa shape index (κ2) is 8.31. The van der Waals surface area contributed by atoms with Crippen LogP contribution in [0.5, 0.6) is 5.75 Å². The second-order valence-corrected chi connectivity index (χ2v) is 6.06. The summed E-state index contributed by atoms with van der Waals surface area (Å²) >= 11 is 0. The molecule has 0 fully saturated rings. The number of aryl methyl sites for hydroxylation is 1. The Hall–Kier alpha value is -3.41.